The maximum atomic E-state index is 13.3. The Kier molecular flexibility index (Phi) is 5.25. The summed E-state index contributed by atoms with van der Waals surface area (Å²) >= 11 is 0. The number of methoxy groups -OCH3 is 1. The van der Waals surface area contributed by atoms with E-state index in [1.807, 2.05) is 0 Å². The quantitative estimate of drug-likeness (QED) is 0.589. The van der Waals surface area contributed by atoms with Crippen LogP contribution in [0.2, 0.25) is 0 Å². The lowest BCUT2D eigenvalue weighted by Gasteiger charge is -2.26. The highest BCUT2D eigenvalue weighted by atomic mass is 32.2. The van der Waals surface area contributed by atoms with Crippen LogP contribution in [0.1, 0.15) is 0 Å². The SMILES string of the molecule is COc1ccccc1-c1nc(S(=O)(=O)c2ccc(F)cc2)c(N2CCOCC2)o1. The largest absolute Gasteiger partial charge is 0.496 e. The Labute approximate surface area is 167 Å². The van der Waals surface area contributed by atoms with Crippen LogP contribution in [0.3, 0.4) is 0 Å². The third kappa shape index (κ3) is 3.70. The van der Waals surface area contributed by atoms with Crippen LogP contribution in [0, 0.1) is 5.82 Å². The first-order valence-corrected chi connectivity index (χ1v) is 10.5. The van der Waals surface area contributed by atoms with E-state index in [0.29, 0.717) is 37.6 Å². The molecule has 0 saturated carbocycles. The number of sulfone groups is 1. The van der Waals surface area contributed by atoms with Gasteiger partial charge in [-0.3, -0.25) is 0 Å². The Balaban J connectivity index is 1.87. The predicted molar refractivity (Wildman–Crippen MR) is 103 cm³/mol. The topological polar surface area (TPSA) is 81.9 Å². The van der Waals surface area contributed by atoms with Gasteiger partial charge in [-0.15, -0.1) is 0 Å². The zero-order valence-electron chi connectivity index (χ0n) is 15.7. The molecule has 29 heavy (non-hydrogen) atoms. The molecule has 1 saturated heterocycles. The Bertz CT molecular complexity index is 1110. The summed E-state index contributed by atoms with van der Waals surface area (Å²) in [7, 11) is -2.52. The number of halogens is 1. The van der Waals surface area contributed by atoms with Crippen molar-refractivity contribution in [2.75, 3.05) is 38.3 Å². The van der Waals surface area contributed by atoms with Crippen LogP contribution in [-0.2, 0) is 14.6 Å². The van der Waals surface area contributed by atoms with E-state index in [9.17, 15) is 12.8 Å². The number of benzene rings is 2. The molecule has 3 aromatic rings. The second-order valence-electron chi connectivity index (χ2n) is 6.39. The number of ether oxygens (including phenoxy) is 2. The van der Waals surface area contributed by atoms with Gasteiger partial charge in [0, 0.05) is 13.1 Å². The first kappa shape index (κ1) is 19.4. The first-order valence-electron chi connectivity index (χ1n) is 8.98. The number of anilines is 1. The van der Waals surface area contributed by atoms with Gasteiger partial charge >= 0.3 is 0 Å². The van der Waals surface area contributed by atoms with Gasteiger partial charge in [-0.25, -0.2) is 12.8 Å². The van der Waals surface area contributed by atoms with Crippen LogP contribution in [0.4, 0.5) is 10.3 Å². The molecule has 4 rings (SSSR count). The van der Waals surface area contributed by atoms with Crippen LogP contribution in [0.5, 0.6) is 5.75 Å². The molecule has 0 spiro atoms. The Morgan fingerprint density at radius 1 is 1.07 bits per heavy atom. The molecule has 2 heterocycles. The molecule has 0 atom stereocenters. The summed E-state index contributed by atoms with van der Waals surface area (Å²) in [6.07, 6.45) is 0. The molecule has 9 heteroatoms. The van der Waals surface area contributed by atoms with Gasteiger partial charge in [0.1, 0.15) is 11.6 Å². The minimum Gasteiger partial charge on any atom is -0.496 e. The van der Waals surface area contributed by atoms with E-state index < -0.39 is 15.7 Å². The molecule has 0 N–H and O–H groups in total. The molecule has 0 bridgehead atoms. The molecule has 1 aromatic heterocycles. The smallest absolute Gasteiger partial charge is 0.236 e. The average Bonchev–Trinajstić information content (AvgIpc) is 3.21. The number of rotatable bonds is 5. The lowest BCUT2D eigenvalue weighted by Crippen LogP contribution is -2.36. The summed E-state index contributed by atoms with van der Waals surface area (Å²) in [5.41, 5.74) is 0.532. The normalized spacial score (nSPS) is 14.8. The fourth-order valence-corrected chi connectivity index (χ4v) is 4.42. The second-order valence-corrected chi connectivity index (χ2v) is 8.25. The zero-order chi connectivity index (χ0) is 20.4. The number of hydrogen-bond acceptors (Lipinski definition) is 7. The summed E-state index contributed by atoms with van der Waals surface area (Å²) in [4.78, 5) is 6.05. The van der Waals surface area contributed by atoms with Gasteiger partial charge in [0.05, 0.1) is 30.8 Å². The van der Waals surface area contributed by atoms with Crippen molar-refractivity contribution in [1.29, 1.82) is 0 Å². The Morgan fingerprint density at radius 2 is 1.76 bits per heavy atom. The minimum absolute atomic E-state index is 0.0618. The number of nitrogens with zero attached hydrogens (tertiary/aromatic N) is 2. The highest BCUT2D eigenvalue weighted by Gasteiger charge is 2.32. The highest BCUT2D eigenvalue weighted by Crippen LogP contribution is 2.37. The van der Waals surface area contributed by atoms with E-state index in [2.05, 4.69) is 4.98 Å². The fraction of sp³-hybridized carbons (Fsp3) is 0.250. The van der Waals surface area contributed by atoms with Crippen molar-refractivity contribution in [2.24, 2.45) is 0 Å². The van der Waals surface area contributed by atoms with Gasteiger partial charge < -0.3 is 18.8 Å². The number of morpholine rings is 1. The van der Waals surface area contributed by atoms with Crippen molar-refractivity contribution in [3.05, 3.63) is 54.3 Å². The summed E-state index contributed by atoms with van der Waals surface area (Å²) in [6, 6.07) is 11.7. The first-order chi connectivity index (χ1) is 14.0. The molecule has 1 fully saturated rings. The summed E-state index contributed by atoms with van der Waals surface area (Å²) < 4.78 is 56.5. The van der Waals surface area contributed by atoms with E-state index in [1.165, 1.54) is 19.2 Å². The fourth-order valence-electron chi connectivity index (χ4n) is 3.10. The van der Waals surface area contributed by atoms with Crippen LogP contribution in [0.25, 0.3) is 11.5 Å². The summed E-state index contributed by atoms with van der Waals surface area (Å²) in [5.74, 6) is 0.253. The molecule has 1 aliphatic heterocycles. The van der Waals surface area contributed by atoms with Gasteiger partial charge in [-0.05, 0) is 36.4 Å². The zero-order valence-corrected chi connectivity index (χ0v) is 16.5. The van der Waals surface area contributed by atoms with E-state index >= 15 is 0 Å². The predicted octanol–water partition coefficient (Wildman–Crippen LogP) is 3.16. The number of hydrogen-bond donors (Lipinski definition) is 0. The van der Waals surface area contributed by atoms with E-state index in [-0.39, 0.29) is 21.7 Å². The van der Waals surface area contributed by atoms with Gasteiger partial charge in [0.25, 0.3) is 0 Å². The minimum atomic E-state index is -4.04. The van der Waals surface area contributed by atoms with Gasteiger partial charge in [-0.2, -0.15) is 4.98 Å². The Hall–Kier alpha value is -2.91. The van der Waals surface area contributed by atoms with Crippen molar-refractivity contribution < 1.29 is 26.7 Å². The maximum Gasteiger partial charge on any atom is 0.236 e. The number of aromatic nitrogens is 1. The molecular formula is C20H19FN2O5S. The lowest BCUT2D eigenvalue weighted by molar-refractivity contribution is 0.120. The molecule has 2 aromatic carbocycles. The standard InChI is InChI=1S/C20H19FN2O5S/c1-26-17-5-3-2-4-16(17)18-22-19(20(28-18)23-10-12-27-13-11-23)29(24,25)15-8-6-14(21)7-9-15/h2-9H,10-13H2,1H3. The van der Waals surface area contributed by atoms with Gasteiger partial charge in [-0.1, -0.05) is 12.1 Å². The molecule has 1 aliphatic rings. The lowest BCUT2D eigenvalue weighted by atomic mass is 10.2. The van der Waals surface area contributed by atoms with Crippen LogP contribution in [-0.4, -0.2) is 46.8 Å². The molecular weight excluding hydrogens is 399 g/mol. The van der Waals surface area contributed by atoms with Gasteiger partial charge in [0.2, 0.25) is 26.6 Å². The molecule has 0 unspecified atom stereocenters. The third-order valence-electron chi connectivity index (χ3n) is 4.59. The second kappa shape index (κ2) is 7.84. The van der Waals surface area contributed by atoms with Crippen LogP contribution < -0.4 is 9.64 Å². The van der Waals surface area contributed by atoms with E-state index in [0.717, 1.165) is 12.1 Å². The van der Waals surface area contributed by atoms with Crippen LogP contribution in [0.15, 0.2) is 62.9 Å². The Morgan fingerprint density at radius 3 is 2.45 bits per heavy atom. The molecule has 7 nitrogen and oxygen atoms in total. The molecule has 152 valence electrons. The van der Waals surface area contributed by atoms with E-state index in [1.54, 1.807) is 29.2 Å². The molecule has 0 aliphatic carbocycles. The van der Waals surface area contributed by atoms with Crippen LogP contribution >= 0.6 is 0 Å². The van der Waals surface area contributed by atoms with Crippen molar-refractivity contribution in [3.8, 4) is 17.2 Å². The molecule has 0 radical (unpaired) electrons. The van der Waals surface area contributed by atoms with Gasteiger partial charge in [0.15, 0.2) is 0 Å². The highest BCUT2D eigenvalue weighted by molar-refractivity contribution is 7.91. The summed E-state index contributed by atoms with van der Waals surface area (Å²) in [6.45, 7) is 1.82. The number of para-hydroxylation sites is 1. The molecule has 0 amide bonds. The maximum absolute atomic E-state index is 13.3. The average molecular weight is 418 g/mol. The van der Waals surface area contributed by atoms with Crippen molar-refractivity contribution in [1.82, 2.24) is 4.98 Å². The van der Waals surface area contributed by atoms with Crippen molar-refractivity contribution >= 4 is 15.7 Å². The summed E-state index contributed by atoms with van der Waals surface area (Å²) in [5, 5.41) is -0.216. The number of oxazole rings is 1. The monoisotopic (exact) mass is 418 g/mol. The third-order valence-corrected chi connectivity index (χ3v) is 6.26. The van der Waals surface area contributed by atoms with E-state index in [4.69, 9.17) is 13.9 Å². The van der Waals surface area contributed by atoms with Crippen molar-refractivity contribution in [2.45, 2.75) is 9.92 Å². The van der Waals surface area contributed by atoms with Crippen molar-refractivity contribution in [3.63, 3.8) is 0 Å².